The van der Waals surface area contributed by atoms with Crippen LogP contribution in [-0.4, -0.2) is 35.3 Å². The zero-order valence-corrected chi connectivity index (χ0v) is 13.7. The quantitative estimate of drug-likeness (QED) is 0.453. The number of rotatable bonds is 3. The number of hydrogen-bond acceptors (Lipinski definition) is 3. The zero-order valence-electron chi connectivity index (χ0n) is 13.7. The fourth-order valence-corrected chi connectivity index (χ4v) is 2.99. The van der Waals surface area contributed by atoms with Crippen molar-refractivity contribution in [1.29, 1.82) is 0 Å². The Labute approximate surface area is 140 Å². The molecule has 1 N–H and O–H groups in total. The van der Waals surface area contributed by atoms with E-state index in [1.807, 2.05) is 50.8 Å². The predicted molar refractivity (Wildman–Crippen MR) is 100 cm³/mol. The standard InChI is InChI=1S/C20H18N4/c1-24(2)22-13-17-16(14-8-4-3-5-9-14)12-21-20-19(17)15-10-6-7-11-18(15)23-20/h3-13H,1-2H3,(H,21,23)/b22-13+. The van der Waals surface area contributed by atoms with Crippen molar-refractivity contribution in [2.75, 3.05) is 14.1 Å². The molecule has 0 spiro atoms. The molecule has 0 bridgehead atoms. The average molecular weight is 314 g/mol. The lowest BCUT2D eigenvalue weighted by Crippen LogP contribution is -2.03. The number of nitrogens with one attached hydrogen (secondary N) is 1. The van der Waals surface area contributed by atoms with E-state index in [4.69, 9.17) is 0 Å². The second kappa shape index (κ2) is 5.81. The van der Waals surface area contributed by atoms with Gasteiger partial charge in [0.05, 0.1) is 6.21 Å². The molecule has 0 fully saturated rings. The van der Waals surface area contributed by atoms with Gasteiger partial charge in [-0.1, -0.05) is 48.5 Å². The van der Waals surface area contributed by atoms with Crippen molar-refractivity contribution in [3.05, 3.63) is 66.4 Å². The van der Waals surface area contributed by atoms with Gasteiger partial charge in [0.1, 0.15) is 5.65 Å². The fraction of sp³-hybridized carbons (Fsp3) is 0.100. The first-order valence-corrected chi connectivity index (χ1v) is 7.90. The van der Waals surface area contributed by atoms with Gasteiger partial charge in [0.25, 0.3) is 0 Å². The summed E-state index contributed by atoms with van der Waals surface area (Å²) in [7, 11) is 3.85. The van der Waals surface area contributed by atoms with Crippen molar-refractivity contribution in [1.82, 2.24) is 15.0 Å². The first-order valence-electron chi connectivity index (χ1n) is 7.90. The molecule has 0 saturated heterocycles. The molecule has 0 amide bonds. The van der Waals surface area contributed by atoms with Crippen LogP contribution in [0.5, 0.6) is 0 Å². The van der Waals surface area contributed by atoms with Gasteiger partial charge in [-0.3, -0.25) is 0 Å². The normalized spacial score (nSPS) is 11.6. The lowest BCUT2D eigenvalue weighted by molar-refractivity contribution is 0.440. The van der Waals surface area contributed by atoms with Gasteiger partial charge < -0.3 is 9.99 Å². The van der Waals surface area contributed by atoms with E-state index in [0.717, 1.165) is 38.6 Å². The Bertz CT molecular complexity index is 1030. The van der Waals surface area contributed by atoms with E-state index in [0.29, 0.717) is 0 Å². The van der Waals surface area contributed by atoms with Crippen molar-refractivity contribution < 1.29 is 0 Å². The minimum atomic E-state index is 0.885. The van der Waals surface area contributed by atoms with Crippen LogP contribution in [0, 0.1) is 0 Å². The van der Waals surface area contributed by atoms with E-state index >= 15 is 0 Å². The van der Waals surface area contributed by atoms with Gasteiger partial charge >= 0.3 is 0 Å². The van der Waals surface area contributed by atoms with Crippen LogP contribution in [0.2, 0.25) is 0 Å². The van der Waals surface area contributed by atoms with Crippen LogP contribution < -0.4 is 0 Å². The molecule has 0 unspecified atom stereocenters. The summed E-state index contributed by atoms with van der Waals surface area (Å²) < 4.78 is 0. The van der Waals surface area contributed by atoms with E-state index in [1.165, 1.54) is 0 Å². The number of para-hydroxylation sites is 1. The van der Waals surface area contributed by atoms with Crippen LogP contribution in [0.25, 0.3) is 33.1 Å². The smallest absolute Gasteiger partial charge is 0.139 e. The van der Waals surface area contributed by atoms with E-state index in [9.17, 15) is 0 Å². The molecule has 0 radical (unpaired) electrons. The van der Waals surface area contributed by atoms with Gasteiger partial charge in [-0.15, -0.1) is 0 Å². The molecular formula is C20H18N4. The number of aromatic amines is 1. The predicted octanol–water partition coefficient (Wildman–Crippen LogP) is 4.28. The number of hydrogen-bond donors (Lipinski definition) is 1. The third kappa shape index (κ3) is 2.42. The molecule has 24 heavy (non-hydrogen) atoms. The SMILES string of the molecule is CN(C)/N=C/c1c(-c2ccccc2)cnc2[nH]c3ccccc3c12. The summed E-state index contributed by atoms with van der Waals surface area (Å²) in [6, 6.07) is 18.6. The van der Waals surface area contributed by atoms with Crippen LogP contribution in [0.4, 0.5) is 0 Å². The molecule has 4 heteroatoms. The number of pyridine rings is 1. The summed E-state index contributed by atoms with van der Waals surface area (Å²) in [6.45, 7) is 0. The first-order chi connectivity index (χ1) is 11.7. The second-order valence-electron chi connectivity index (χ2n) is 5.94. The van der Waals surface area contributed by atoms with Crippen molar-refractivity contribution in [3.63, 3.8) is 0 Å². The third-order valence-corrected chi connectivity index (χ3v) is 4.07. The highest BCUT2D eigenvalue weighted by Gasteiger charge is 2.14. The van der Waals surface area contributed by atoms with E-state index in [1.54, 1.807) is 5.01 Å². The monoisotopic (exact) mass is 314 g/mol. The molecule has 2 heterocycles. The highest BCUT2D eigenvalue weighted by molar-refractivity contribution is 6.16. The maximum absolute atomic E-state index is 4.65. The molecule has 0 aliphatic heterocycles. The number of aromatic nitrogens is 2. The van der Waals surface area contributed by atoms with Crippen molar-refractivity contribution in [3.8, 4) is 11.1 Å². The maximum Gasteiger partial charge on any atom is 0.139 e. The Morgan fingerprint density at radius 1 is 1.00 bits per heavy atom. The summed E-state index contributed by atoms with van der Waals surface area (Å²) in [5.41, 5.74) is 5.27. The molecule has 2 aromatic carbocycles. The lowest BCUT2D eigenvalue weighted by atomic mass is 9.99. The summed E-state index contributed by atoms with van der Waals surface area (Å²) in [5.74, 6) is 0. The largest absolute Gasteiger partial charge is 0.339 e. The number of nitrogens with zero attached hydrogens (tertiary/aromatic N) is 3. The summed E-state index contributed by atoms with van der Waals surface area (Å²) in [4.78, 5) is 8.05. The van der Waals surface area contributed by atoms with E-state index in [2.05, 4.69) is 45.4 Å². The Balaban J connectivity index is 2.09. The molecule has 118 valence electrons. The molecular weight excluding hydrogens is 296 g/mol. The lowest BCUT2D eigenvalue weighted by Gasteiger charge is -2.09. The van der Waals surface area contributed by atoms with Gasteiger partial charge in [0.2, 0.25) is 0 Å². The Morgan fingerprint density at radius 2 is 1.75 bits per heavy atom. The molecule has 4 rings (SSSR count). The van der Waals surface area contributed by atoms with E-state index < -0.39 is 0 Å². The van der Waals surface area contributed by atoms with E-state index in [-0.39, 0.29) is 0 Å². The van der Waals surface area contributed by atoms with Crippen LogP contribution in [0.3, 0.4) is 0 Å². The van der Waals surface area contributed by atoms with Gasteiger partial charge in [-0.2, -0.15) is 5.10 Å². The molecule has 4 nitrogen and oxygen atoms in total. The second-order valence-corrected chi connectivity index (χ2v) is 5.94. The zero-order chi connectivity index (χ0) is 16.5. The van der Waals surface area contributed by atoms with Crippen molar-refractivity contribution in [2.24, 2.45) is 5.10 Å². The van der Waals surface area contributed by atoms with Gasteiger partial charge in [0, 0.05) is 47.7 Å². The van der Waals surface area contributed by atoms with Crippen LogP contribution in [0.15, 0.2) is 65.9 Å². The topological polar surface area (TPSA) is 44.3 Å². The van der Waals surface area contributed by atoms with Crippen LogP contribution in [-0.2, 0) is 0 Å². The van der Waals surface area contributed by atoms with Gasteiger partial charge in [-0.05, 0) is 11.6 Å². The van der Waals surface area contributed by atoms with Crippen LogP contribution >= 0.6 is 0 Å². The third-order valence-electron chi connectivity index (χ3n) is 4.07. The summed E-state index contributed by atoms with van der Waals surface area (Å²) in [5, 5.41) is 8.56. The maximum atomic E-state index is 4.65. The molecule has 0 saturated carbocycles. The minimum Gasteiger partial charge on any atom is -0.339 e. The van der Waals surface area contributed by atoms with Gasteiger partial charge in [0.15, 0.2) is 0 Å². The Morgan fingerprint density at radius 3 is 2.54 bits per heavy atom. The Hall–Kier alpha value is -3.14. The number of hydrazone groups is 1. The molecule has 0 atom stereocenters. The minimum absolute atomic E-state index is 0.885. The van der Waals surface area contributed by atoms with Crippen molar-refractivity contribution in [2.45, 2.75) is 0 Å². The molecule has 0 aliphatic carbocycles. The number of benzene rings is 2. The van der Waals surface area contributed by atoms with Gasteiger partial charge in [-0.25, -0.2) is 4.98 Å². The summed E-state index contributed by atoms with van der Waals surface area (Å²) in [6.07, 6.45) is 3.84. The van der Waals surface area contributed by atoms with Crippen molar-refractivity contribution >= 4 is 28.2 Å². The number of H-pyrrole nitrogens is 1. The Kier molecular flexibility index (Phi) is 3.50. The number of fused-ring (bicyclic) bond motifs is 3. The summed E-state index contributed by atoms with van der Waals surface area (Å²) >= 11 is 0. The highest BCUT2D eigenvalue weighted by atomic mass is 15.4. The first kappa shape index (κ1) is 14.5. The fourth-order valence-electron chi connectivity index (χ4n) is 2.99. The average Bonchev–Trinajstić information content (AvgIpc) is 2.99. The molecule has 0 aliphatic rings. The highest BCUT2D eigenvalue weighted by Crippen LogP contribution is 2.32. The van der Waals surface area contributed by atoms with Crippen LogP contribution in [0.1, 0.15) is 5.56 Å². The molecule has 4 aromatic rings. The molecule has 2 aromatic heterocycles.